The lowest BCUT2D eigenvalue weighted by Gasteiger charge is -2.10. The van der Waals surface area contributed by atoms with Crippen molar-refractivity contribution in [1.82, 2.24) is 0 Å². The highest BCUT2D eigenvalue weighted by Crippen LogP contribution is 2.23. The molecule has 5 nitrogen and oxygen atoms in total. The molecule has 0 bridgehead atoms. The Morgan fingerprint density at radius 2 is 1.85 bits per heavy atom. The molecule has 2 rings (SSSR count). The van der Waals surface area contributed by atoms with Crippen LogP contribution in [0.3, 0.4) is 0 Å². The van der Waals surface area contributed by atoms with E-state index in [2.05, 4.69) is 0 Å². The molecule has 0 saturated carbocycles. The van der Waals surface area contributed by atoms with Gasteiger partial charge in [0.15, 0.2) is 24.1 Å². The molecular formula is C17H13ClF3NO4. The minimum atomic E-state index is -1.71. The van der Waals surface area contributed by atoms with Crippen LogP contribution in [0.15, 0.2) is 30.3 Å². The van der Waals surface area contributed by atoms with Crippen molar-refractivity contribution in [2.45, 2.75) is 6.42 Å². The maximum Gasteiger partial charge on any atom is 0.310 e. The maximum absolute atomic E-state index is 13.5. The normalized spacial score (nSPS) is 10.3. The molecular weight excluding hydrogens is 375 g/mol. The number of anilines is 1. The molecule has 0 fully saturated rings. The van der Waals surface area contributed by atoms with E-state index >= 15 is 0 Å². The number of rotatable bonds is 6. The van der Waals surface area contributed by atoms with Crippen molar-refractivity contribution in [2.24, 2.45) is 0 Å². The van der Waals surface area contributed by atoms with E-state index in [0.717, 1.165) is 6.07 Å². The Labute approximate surface area is 151 Å². The summed E-state index contributed by atoms with van der Waals surface area (Å²) in [5.74, 6) is -5.91. The molecule has 0 aliphatic carbocycles. The SMILES string of the molecule is COc1ccc(Cl)cc1CC(=O)OCC(=O)Nc1ccc(F)c(F)c1F. The van der Waals surface area contributed by atoms with E-state index < -0.39 is 41.6 Å². The number of ether oxygens (including phenoxy) is 2. The fraction of sp³-hybridized carbons (Fsp3) is 0.176. The summed E-state index contributed by atoms with van der Waals surface area (Å²) in [6.45, 7) is -0.736. The maximum atomic E-state index is 13.5. The standard InChI is InChI=1S/C17H13ClF3NO4/c1-25-13-5-2-10(18)6-9(13)7-15(24)26-8-14(23)22-12-4-3-11(19)16(20)17(12)21/h2-6H,7-8H2,1H3,(H,22,23). The number of hydrogen-bond acceptors (Lipinski definition) is 4. The highest BCUT2D eigenvalue weighted by Gasteiger charge is 2.17. The molecule has 2 aromatic rings. The molecule has 0 unspecified atom stereocenters. The molecule has 1 N–H and O–H groups in total. The molecule has 0 aromatic heterocycles. The van der Waals surface area contributed by atoms with E-state index in [1.54, 1.807) is 12.1 Å². The Hall–Kier alpha value is -2.74. The van der Waals surface area contributed by atoms with Crippen molar-refractivity contribution in [2.75, 3.05) is 19.0 Å². The third-order valence-corrected chi connectivity index (χ3v) is 3.49. The van der Waals surface area contributed by atoms with Crippen LogP contribution >= 0.6 is 11.6 Å². The smallest absolute Gasteiger partial charge is 0.310 e. The molecule has 26 heavy (non-hydrogen) atoms. The number of benzene rings is 2. The Morgan fingerprint density at radius 3 is 2.54 bits per heavy atom. The molecule has 0 aliphatic heterocycles. The van der Waals surface area contributed by atoms with Gasteiger partial charge in [-0.3, -0.25) is 9.59 Å². The third kappa shape index (κ3) is 4.89. The molecule has 0 heterocycles. The predicted molar refractivity (Wildman–Crippen MR) is 87.6 cm³/mol. The lowest BCUT2D eigenvalue weighted by atomic mass is 10.1. The minimum Gasteiger partial charge on any atom is -0.496 e. The van der Waals surface area contributed by atoms with E-state index in [0.29, 0.717) is 22.4 Å². The van der Waals surface area contributed by atoms with Gasteiger partial charge in [-0.05, 0) is 30.3 Å². The molecule has 0 saturated heterocycles. The number of nitrogens with one attached hydrogen (secondary N) is 1. The highest BCUT2D eigenvalue weighted by atomic mass is 35.5. The zero-order chi connectivity index (χ0) is 19.3. The van der Waals surface area contributed by atoms with Crippen LogP contribution in [0, 0.1) is 17.5 Å². The molecule has 138 valence electrons. The van der Waals surface area contributed by atoms with Crippen molar-refractivity contribution in [1.29, 1.82) is 0 Å². The van der Waals surface area contributed by atoms with Crippen LogP contribution in [0.1, 0.15) is 5.56 Å². The summed E-state index contributed by atoms with van der Waals surface area (Å²) < 4.78 is 49.3. The summed E-state index contributed by atoms with van der Waals surface area (Å²) in [5.41, 5.74) is -0.112. The summed E-state index contributed by atoms with van der Waals surface area (Å²) in [6.07, 6.45) is -0.212. The van der Waals surface area contributed by atoms with Crippen molar-refractivity contribution >= 4 is 29.2 Å². The Morgan fingerprint density at radius 1 is 1.12 bits per heavy atom. The number of halogens is 4. The van der Waals surface area contributed by atoms with Gasteiger partial charge in [-0.1, -0.05) is 11.6 Å². The van der Waals surface area contributed by atoms with Crippen LogP contribution in [0.4, 0.5) is 18.9 Å². The fourth-order valence-electron chi connectivity index (χ4n) is 2.05. The van der Waals surface area contributed by atoms with Crippen molar-refractivity contribution in [3.05, 3.63) is 58.4 Å². The number of carbonyl (C=O) groups excluding carboxylic acids is 2. The monoisotopic (exact) mass is 387 g/mol. The molecule has 1 amide bonds. The number of carbonyl (C=O) groups is 2. The predicted octanol–water partition coefficient (Wildman–Crippen LogP) is 3.49. The fourth-order valence-corrected chi connectivity index (χ4v) is 2.24. The van der Waals surface area contributed by atoms with E-state index in [-0.39, 0.29) is 6.42 Å². The topological polar surface area (TPSA) is 64.6 Å². The van der Waals surface area contributed by atoms with Crippen LogP contribution in [0.25, 0.3) is 0 Å². The molecule has 0 radical (unpaired) electrons. The first-order chi connectivity index (χ1) is 12.3. The van der Waals surface area contributed by atoms with Gasteiger partial charge in [0.05, 0.1) is 19.2 Å². The first-order valence-corrected chi connectivity index (χ1v) is 7.61. The summed E-state index contributed by atoms with van der Waals surface area (Å²) in [4.78, 5) is 23.5. The van der Waals surface area contributed by atoms with E-state index in [4.69, 9.17) is 21.1 Å². The van der Waals surface area contributed by atoms with E-state index in [1.807, 2.05) is 5.32 Å². The quantitative estimate of drug-likeness (QED) is 0.608. The zero-order valence-electron chi connectivity index (χ0n) is 13.4. The van der Waals surface area contributed by atoms with Crippen LogP contribution in [0.5, 0.6) is 5.75 Å². The molecule has 2 aromatic carbocycles. The Kier molecular flexibility index (Phi) is 6.46. The number of hydrogen-bond donors (Lipinski definition) is 1. The third-order valence-electron chi connectivity index (χ3n) is 3.25. The van der Waals surface area contributed by atoms with Gasteiger partial charge in [0.2, 0.25) is 0 Å². The second kappa shape index (κ2) is 8.57. The largest absolute Gasteiger partial charge is 0.496 e. The van der Waals surface area contributed by atoms with Crippen LogP contribution in [-0.2, 0) is 20.7 Å². The lowest BCUT2D eigenvalue weighted by molar-refractivity contribution is -0.146. The minimum absolute atomic E-state index is 0.212. The van der Waals surface area contributed by atoms with E-state index in [9.17, 15) is 22.8 Å². The van der Waals surface area contributed by atoms with Gasteiger partial charge < -0.3 is 14.8 Å². The summed E-state index contributed by atoms with van der Waals surface area (Å²) in [7, 11) is 1.42. The van der Waals surface area contributed by atoms with E-state index in [1.165, 1.54) is 13.2 Å². The first-order valence-electron chi connectivity index (χ1n) is 7.23. The Bertz CT molecular complexity index is 845. The Balaban J connectivity index is 1.92. The first kappa shape index (κ1) is 19.6. The van der Waals surface area contributed by atoms with Gasteiger partial charge in [-0.2, -0.15) is 0 Å². The van der Waals surface area contributed by atoms with Crippen LogP contribution in [0.2, 0.25) is 5.02 Å². The summed E-state index contributed by atoms with van der Waals surface area (Å²) >= 11 is 5.85. The van der Waals surface area contributed by atoms with Gasteiger partial charge in [-0.25, -0.2) is 13.2 Å². The number of esters is 1. The average Bonchev–Trinajstić information content (AvgIpc) is 2.61. The summed E-state index contributed by atoms with van der Waals surface area (Å²) in [6, 6.07) is 6.18. The van der Waals surface area contributed by atoms with Crippen molar-refractivity contribution < 1.29 is 32.2 Å². The molecule has 0 atom stereocenters. The molecule has 9 heteroatoms. The number of methoxy groups -OCH3 is 1. The second-order valence-electron chi connectivity index (χ2n) is 5.06. The van der Waals surface area contributed by atoms with Crippen molar-refractivity contribution in [3.8, 4) is 5.75 Å². The zero-order valence-corrected chi connectivity index (χ0v) is 14.2. The van der Waals surface area contributed by atoms with Crippen molar-refractivity contribution in [3.63, 3.8) is 0 Å². The highest BCUT2D eigenvalue weighted by molar-refractivity contribution is 6.30. The van der Waals surface area contributed by atoms with Gasteiger partial charge in [0, 0.05) is 10.6 Å². The van der Waals surface area contributed by atoms with Crippen LogP contribution < -0.4 is 10.1 Å². The lowest BCUT2D eigenvalue weighted by Crippen LogP contribution is -2.22. The van der Waals surface area contributed by atoms with Gasteiger partial charge in [-0.15, -0.1) is 0 Å². The second-order valence-corrected chi connectivity index (χ2v) is 5.50. The van der Waals surface area contributed by atoms with Gasteiger partial charge in [0.1, 0.15) is 5.75 Å². The molecule has 0 aliphatic rings. The average molecular weight is 388 g/mol. The van der Waals surface area contributed by atoms with Crippen LogP contribution in [-0.4, -0.2) is 25.6 Å². The van der Waals surface area contributed by atoms with Gasteiger partial charge in [0.25, 0.3) is 5.91 Å². The summed E-state index contributed by atoms with van der Waals surface area (Å²) in [5, 5.41) is 2.37. The molecule has 0 spiro atoms. The van der Waals surface area contributed by atoms with Gasteiger partial charge >= 0.3 is 5.97 Å². The number of amides is 1.